The summed E-state index contributed by atoms with van der Waals surface area (Å²) in [4.78, 5) is 31.1. The zero-order valence-corrected chi connectivity index (χ0v) is 17.2. The van der Waals surface area contributed by atoms with Crippen molar-refractivity contribution in [2.75, 3.05) is 12.4 Å². The standard InChI is InChI=1S/C20H28N6O4/c1-12(23-20(28)29)3-4-13-5-6-14(7-13)16-9-17(26-25-16)24-18(27)8-15-10-22-19(30-2)11-21-15/h9-14,23H,3-8H2,1-2H3,(H,28,29)(H2,24,25,26,27)/t12-,13?,14?/m0/s1. The van der Waals surface area contributed by atoms with Crippen LogP contribution in [0.3, 0.4) is 0 Å². The van der Waals surface area contributed by atoms with E-state index in [-0.39, 0.29) is 18.4 Å². The van der Waals surface area contributed by atoms with Crippen LogP contribution in [0.15, 0.2) is 18.5 Å². The van der Waals surface area contributed by atoms with Crippen molar-refractivity contribution in [1.29, 1.82) is 0 Å². The number of hydrogen-bond acceptors (Lipinski definition) is 6. The molecule has 2 heterocycles. The van der Waals surface area contributed by atoms with Gasteiger partial charge in [0.1, 0.15) is 0 Å². The summed E-state index contributed by atoms with van der Waals surface area (Å²) in [5, 5.41) is 21.3. The van der Waals surface area contributed by atoms with Gasteiger partial charge in [-0.15, -0.1) is 0 Å². The van der Waals surface area contributed by atoms with E-state index in [4.69, 9.17) is 9.84 Å². The maximum absolute atomic E-state index is 12.2. The molecule has 2 aromatic rings. The van der Waals surface area contributed by atoms with Gasteiger partial charge in [-0.2, -0.15) is 5.10 Å². The van der Waals surface area contributed by atoms with Crippen molar-refractivity contribution in [1.82, 2.24) is 25.5 Å². The number of methoxy groups -OCH3 is 1. The average Bonchev–Trinajstić information content (AvgIpc) is 3.36. The van der Waals surface area contributed by atoms with E-state index < -0.39 is 6.09 Å². The fourth-order valence-electron chi connectivity index (χ4n) is 3.89. The molecule has 1 fully saturated rings. The Bertz CT molecular complexity index is 853. The van der Waals surface area contributed by atoms with Crippen LogP contribution in [0.5, 0.6) is 5.88 Å². The summed E-state index contributed by atoms with van der Waals surface area (Å²) in [5.41, 5.74) is 1.57. The number of H-pyrrole nitrogens is 1. The van der Waals surface area contributed by atoms with Gasteiger partial charge in [0.05, 0.1) is 31.6 Å². The van der Waals surface area contributed by atoms with E-state index in [1.807, 2.05) is 13.0 Å². The topological polar surface area (TPSA) is 142 Å². The maximum atomic E-state index is 12.2. The molecule has 0 bridgehead atoms. The molecular weight excluding hydrogens is 388 g/mol. The van der Waals surface area contributed by atoms with Crippen molar-refractivity contribution in [3.63, 3.8) is 0 Å². The molecule has 1 aliphatic rings. The predicted molar refractivity (Wildman–Crippen MR) is 109 cm³/mol. The number of anilines is 1. The van der Waals surface area contributed by atoms with Crippen LogP contribution in [0.1, 0.15) is 56.3 Å². The summed E-state index contributed by atoms with van der Waals surface area (Å²) < 4.78 is 4.96. The molecule has 2 amide bonds. The van der Waals surface area contributed by atoms with Gasteiger partial charge >= 0.3 is 6.09 Å². The SMILES string of the molecule is COc1cnc(CC(=O)Nc2cc(C3CCC(CC[C@H](C)NC(=O)O)C3)[nH]n2)cn1. The number of carboxylic acid groups (broad SMARTS) is 1. The molecule has 2 unspecified atom stereocenters. The van der Waals surface area contributed by atoms with Gasteiger partial charge < -0.3 is 20.5 Å². The molecule has 1 aliphatic carbocycles. The van der Waals surface area contributed by atoms with Gasteiger partial charge in [0.15, 0.2) is 5.82 Å². The molecule has 0 saturated heterocycles. The number of hydrogen-bond donors (Lipinski definition) is 4. The van der Waals surface area contributed by atoms with Crippen LogP contribution in [-0.2, 0) is 11.2 Å². The van der Waals surface area contributed by atoms with Crippen molar-refractivity contribution >= 4 is 17.8 Å². The molecule has 0 aromatic carbocycles. The van der Waals surface area contributed by atoms with Crippen LogP contribution < -0.4 is 15.4 Å². The van der Waals surface area contributed by atoms with E-state index >= 15 is 0 Å². The van der Waals surface area contributed by atoms with Gasteiger partial charge in [-0.05, 0) is 44.9 Å². The van der Waals surface area contributed by atoms with Crippen molar-refractivity contribution in [2.45, 2.75) is 57.4 Å². The molecule has 2 aromatic heterocycles. The molecule has 10 nitrogen and oxygen atoms in total. The number of amides is 2. The molecule has 10 heteroatoms. The number of aromatic nitrogens is 4. The number of aromatic amines is 1. The molecule has 0 aliphatic heterocycles. The Balaban J connectivity index is 1.45. The predicted octanol–water partition coefficient (Wildman–Crippen LogP) is 2.71. The second-order valence-electron chi connectivity index (χ2n) is 7.79. The second kappa shape index (κ2) is 10.0. The number of carbonyl (C=O) groups excluding carboxylic acids is 1. The fraction of sp³-hybridized carbons (Fsp3) is 0.550. The molecule has 3 rings (SSSR count). The number of nitrogens with zero attached hydrogens (tertiary/aromatic N) is 3. The largest absolute Gasteiger partial charge is 0.480 e. The summed E-state index contributed by atoms with van der Waals surface area (Å²) in [7, 11) is 1.51. The Labute approximate surface area is 174 Å². The highest BCUT2D eigenvalue weighted by molar-refractivity contribution is 5.91. The van der Waals surface area contributed by atoms with Gasteiger partial charge in [-0.25, -0.2) is 9.78 Å². The van der Waals surface area contributed by atoms with Crippen molar-refractivity contribution in [3.8, 4) is 5.88 Å². The van der Waals surface area contributed by atoms with Crippen molar-refractivity contribution in [2.24, 2.45) is 5.92 Å². The van der Waals surface area contributed by atoms with Crippen LogP contribution >= 0.6 is 0 Å². The first kappa shape index (κ1) is 21.5. The van der Waals surface area contributed by atoms with Gasteiger partial charge in [0.2, 0.25) is 11.8 Å². The van der Waals surface area contributed by atoms with Crippen LogP contribution in [0, 0.1) is 5.92 Å². The van der Waals surface area contributed by atoms with Crippen LogP contribution in [0.4, 0.5) is 10.6 Å². The van der Waals surface area contributed by atoms with Crippen molar-refractivity contribution < 1.29 is 19.4 Å². The Kier molecular flexibility index (Phi) is 7.21. The van der Waals surface area contributed by atoms with Crippen LogP contribution in [0.25, 0.3) is 0 Å². The third-order valence-corrected chi connectivity index (χ3v) is 5.46. The molecule has 30 heavy (non-hydrogen) atoms. The van der Waals surface area contributed by atoms with Gasteiger partial charge in [0.25, 0.3) is 0 Å². The maximum Gasteiger partial charge on any atom is 0.404 e. The van der Waals surface area contributed by atoms with E-state index in [1.54, 1.807) is 0 Å². The summed E-state index contributed by atoms with van der Waals surface area (Å²) in [5.74, 6) is 1.64. The average molecular weight is 416 g/mol. The van der Waals surface area contributed by atoms with Crippen LogP contribution in [-0.4, -0.2) is 50.4 Å². The Morgan fingerprint density at radius 1 is 1.33 bits per heavy atom. The lowest BCUT2D eigenvalue weighted by atomic mass is 9.96. The van der Waals surface area contributed by atoms with E-state index in [1.165, 1.54) is 19.5 Å². The number of carbonyl (C=O) groups is 2. The summed E-state index contributed by atoms with van der Waals surface area (Å²) >= 11 is 0. The summed E-state index contributed by atoms with van der Waals surface area (Å²) in [6, 6.07) is 1.85. The molecule has 0 radical (unpaired) electrons. The van der Waals surface area contributed by atoms with Gasteiger partial charge in [-0.1, -0.05) is 0 Å². The highest BCUT2D eigenvalue weighted by Gasteiger charge is 2.27. The van der Waals surface area contributed by atoms with E-state index in [0.717, 1.165) is 37.8 Å². The second-order valence-corrected chi connectivity index (χ2v) is 7.79. The quantitative estimate of drug-likeness (QED) is 0.492. The Morgan fingerprint density at radius 3 is 2.87 bits per heavy atom. The third-order valence-electron chi connectivity index (χ3n) is 5.46. The smallest absolute Gasteiger partial charge is 0.404 e. The third kappa shape index (κ3) is 6.16. The number of nitrogens with one attached hydrogen (secondary N) is 3. The molecule has 0 spiro atoms. The molecule has 1 saturated carbocycles. The zero-order valence-electron chi connectivity index (χ0n) is 17.2. The van der Waals surface area contributed by atoms with E-state index in [0.29, 0.717) is 29.2 Å². The molecule has 3 atom stereocenters. The minimum Gasteiger partial charge on any atom is -0.480 e. The Morgan fingerprint density at radius 2 is 2.17 bits per heavy atom. The minimum absolute atomic E-state index is 0.0362. The molecular formula is C20H28N6O4. The van der Waals surface area contributed by atoms with E-state index in [9.17, 15) is 9.59 Å². The highest BCUT2D eigenvalue weighted by atomic mass is 16.5. The highest BCUT2D eigenvalue weighted by Crippen LogP contribution is 2.40. The summed E-state index contributed by atoms with van der Waals surface area (Å²) in [6.07, 6.45) is 7.16. The Hall–Kier alpha value is -3.17. The minimum atomic E-state index is -0.974. The van der Waals surface area contributed by atoms with E-state index in [2.05, 4.69) is 30.8 Å². The monoisotopic (exact) mass is 416 g/mol. The summed E-state index contributed by atoms with van der Waals surface area (Å²) in [6.45, 7) is 1.89. The van der Waals surface area contributed by atoms with Crippen LogP contribution in [0.2, 0.25) is 0 Å². The first-order valence-corrected chi connectivity index (χ1v) is 10.1. The molecule has 4 N–H and O–H groups in total. The lowest BCUT2D eigenvalue weighted by molar-refractivity contribution is -0.115. The zero-order chi connectivity index (χ0) is 21.5. The molecule has 162 valence electrons. The lowest BCUT2D eigenvalue weighted by Gasteiger charge is -2.14. The number of rotatable bonds is 9. The van der Waals surface area contributed by atoms with Gasteiger partial charge in [0, 0.05) is 23.7 Å². The van der Waals surface area contributed by atoms with Gasteiger partial charge in [-0.3, -0.25) is 14.9 Å². The number of ether oxygens (including phenoxy) is 1. The first-order valence-electron chi connectivity index (χ1n) is 10.1. The van der Waals surface area contributed by atoms with Crippen molar-refractivity contribution in [3.05, 3.63) is 29.8 Å². The fourth-order valence-corrected chi connectivity index (χ4v) is 3.89. The first-order chi connectivity index (χ1) is 14.4. The normalized spacial score (nSPS) is 19.3. The lowest BCUT2D eigenvalue weighted by Crippen LogP contribution is -2.31.